The van der Waals surface area contributed by atoms with Crippen LogP contribution in [0.3, 0.4) is 0 Å². The zero-order valence-corrected chi connectivity index (χ0v) is 9.67. The third-order valence-electron chi connectivity index (χ3n) is 3.20. The minimum atomic E-state index is 0.0488. The van der Waals surface area contributed by atoms with Gasteiger partial charge in [-0.1, -0.05) is 17.7 Å². The molecular weight excluding hydrogens is 210 g/mol. The Labute approximate surface area is 95.5 Å². The van der Waals surface area contributed by atoms with Crippen molar-refractivity contribution in [2.24, 2.45) is 0 Å². The lowest BCUT2D eigenvalue weighted by molar-refractivity contribution is 0.282. The predicted molar refractivity (Wildman–Crippen MR) is 63.4 cm³/mol. The minimum absolute atomic E-state index is 0.0488. The molecular formula is C12H16ClNO. The molecule has 15 heavy (non-hydrogen) atoms. The molecule has 2 nitrogen and oxygen atoms in total. The Morgan fingerprint density at radius 3 is 2.67 bits per heavy atom. The van der Waals surface area contributed by atoms with E-state index in [9.17, 15) is 0 Å². The standard InChI is InChI=1S/C12H16ClNO/c1-14(10-3-2-4-10)12-6-5-9(8-15)7-11(12)13/h5-7,10,15H,2-4,8H2,1H3. The second-order valence-electron chi connectivity index (χ2n) is 4.14. The number of anilines is 1. The van der Waals surface area contributed by atoms with Crippen LogP contribution in [0.25, 0.3) is 0 Å². The van der Waals surface area contributed by atoms with Crippen molar-refractivity contribution >= 4 is 17.3 Å². The number of aliphatic hydroxyl groups excluding tert-OH is 1. The largest absolute Gasteiger partial charge is 0.392 e. The van der Waals surface area contributed by atoms with Gasteiger partial charge in [0.1, 0.15) is 0 Å². The second kappa shape index (κ2) is 4.42. The molecule has 0 atom stereocenters. The first-order chi connectivity index (χ1) is 7.22. The quantitative estimate of drug-likeness (QED) is 0.855. The van der Waals surface area contributed by atoms with E-state index in [2.05, 4.69) is 11.9 Å². The molecule has 1 fully saturated rings. The third kappa shape index (κ3) is 2.11. The molecule has 0 bridgehead atoms. The summed E-state index contributed by atoms with van der Waals surface area (Å²) in [7, 11) is 2.09. The van der Waals surface area contributed by atoms with E-state index in [1.165, 1.54) is 19.3 Å². The minimum Gasteiger partial charge on any atom is -0.392 e. The average Bonchev–Trinajstić information content (AvgIpc) is 2.14. The number of nitrogens with zero attached hydrogens (tertiary/aromatic N) is 1. The van der Waals surface area contributed by atoms with Crippen LogP contribution >= 0.6 is 11.6 Å². The highest BCUT2D eigenvalue weighted by Gasteiger charge is 2.23. The van der Waals surface area contributed by atoms with Crippen molar-refractivity contribution in [3.8, 4) is 0 Å². The van der Waals surface area contributed by atoms with E-state index >= 15 is 0 Å². The molecule has 0 unspecified atom stereocenters. The maximum atomic E-state index is 8.99. The van der Waals surface area contributed by atoms with Gasteiger partial charge < -0.3 is 10.0 Å². The van der Waals surface area contributed by atoms with Crippen LogP contribution in [0.2, 0.25) is 5.02 Å². The maximum absolute atomic E-state index is 8.99. The summed E-state index contributed by atoms with van der Waals surface area (Å²) in [6.45, 7) is 0.0488. The van der Waals surface area contributed by atoms with Gasteiger partial charge >= 0.3 is 0 Å². The van der Waals surface area contributed by atoms with Gasteiger partial charge in [0.15, 0.2) is 0 Å². The van der Waals surface area contributed by atoms with Crippen molar-refractivity contribution in [3.05, 3.63) is 28.8 Å². The summed E-state index contributed by atoms with van der Waals surface area (Å²) in [5.74, 6) is 0. The van der Waals surface area contributed by atoms with E-state index in [1.807, 2.05) is 18.2 Å². The van der Waals surface area contributed by atoms with Gasteiger partial charge in [0.25, 0.3) is 0 Å². The lowest BCUT2D eigenvalue weighted by Crippen LogP contribution is -2.37. The van der Waals surface area contributed by atoms with Gasteiger partial charge in [0.2, 0.25) is 0 Å². The number of rotatable bonds is 3. The highest BCUT2D eigenvalue weighted by Crippen LogP contribution is 2.33. The first kappa shape index (κ1) is 10.8. The molecule has 0 amide bonds. The number of aliphatic hydroxyl groups is 1. The molecule has 0 aliphatic heterocycles. The van der Waals surface area contributed by atoms with Crippen molar-refractivity contribution in [2.75, 3.05) is 11.9 Å². The predicted octanol–water partition coefficient (Wildman–Crippen LogP) is 2.82. The number of benzene rings is 1. The summed E-state index contributed by atoms with van der Waals surface area (Å²) in [4.78, 5) is 2.24. The molecule has 82 valence electrons. The van der Waals surface area contributed by atoms with Crippen LogP contribution in [0.15, 0.2) is 18.2 Å². The Morgan fingerprint density at radius 2 is 2.20 bits per heavy atom. The first-order valence-corrected chi connectivity index (χ1v) is 5.72. The van der Waals surface area contributed by atoms with Gasteiger partial charge in [0.05, 0.1) is 17.3 Å². The molecule has 0 saturated heterocycles. The highest BCUT2D eigenvalue weighted by atomic mass is 35.5. The molecule has 0 aromatic heterocycles. The Morgan fingerprint density at radius 1 is 1.47 bits per heavy atom. The molecule has 3 heteroatoms. The summed E-state index contributed by atoms with van der Waals surface area (Å²) >= 11 is 6.18. The number of hydrogen-bond donors (Lipinski definition) is 1. The van der Waals surface area contributed by atoms with Crippen molar-refractivity contribution in [1.29, 1.82) is 0 Å². The normalized spacial score (nSPS) is 16.2. The van der Waals surface area contributed by atoms with Crippen LogP contribution < -0.4 is 4.90 Å². The van der Waals surface area contributed by atoms with Gasteiger partial charge in [-0.25, -0.2) is 0 Å². The molecule has 1 aliphatic carbocycles. The van der Waals surface area contributed by atoms with Crippen LogP contribution in [-0.4, -0.2) is 18.2 Å². The van der Waals surface area contributed by atoms with Crippen molar-refractivity contribution < 1.29 is 5.11 Å². The summed E-state index contributed by atoms with van der Waals surface area (Å²) < 4.78 is 0. The fraction of sp³-hybridized carbons (Fsp3) is 0.500. The van der Waals surface area contributed by atoms with Gasteiger partial charge in [-0.3, -0.25) is 0 Å². The Balaban J connectivity index is 2.19. The van der Waals surface area contributed by atoms with E-state index in [0.717, 1.165) is 16.3 Å². The summed E-state index contributed by atoms with van der Waals surface area (Å²) in [5.41, 5.74) is 1.93. The van der Waals surface area contributed by atoms with Crippen LogP contribution in [0.4, 0.5) is 5.69 Å². The average molecular weight is 226 g/mol. The molecule has 0 spiro atoms. The molecule has 1 N–H and O–H groups in total. The van der Waals surface area contributed by atoms with Gasteiger partial charge in [-0.15, -0.1) is 0 Å². The van der Waals surface area contributed by atoms with Gasteiger partial charge in [-0.2, -0.15) is 0 Å². The Kier molecular flexibility index (Phi) is 3.17. The van der Waals surface area contributed by atoms with E-state index < -0.39 is 0 Å². The second-order valence-corrected chi connectivity index (χ2v) is 4.55. The highest BCUT2D eigenvalue weighted by molar-refractivity contribution is 6.33. The molecule has 0 radical (unpaired) electrons. The van der Waals surface area contributed by atoms with Crippen molar-refractivity contribution in [3.63, 3.8) is 0 Å². The zero-order chi connectivity index (χ0) is 10.8. The molecule has 1 aromatic rings. The van der Waals surface area contributed by atoms with E-state index in [4.69, 9.17) is 16.7 Å². The molecule has 1 aromatic carbocycles. The molecule has 2 rings (SSSR count). The van der Waals surface area contributed by atoms with Crippen LogP contribution in [0.5, 0.6) is 0 Å². The molecule has 0 heterocycles. The van der Waals surface area contributed by atoms with E-state index in [-0.39, 0.29) is 6.61 Å². The van der Waals surface area contributed by atoms with Gasteiger partial charge in [-0.05, 0) is 37.0 Å². The third-order valence-corrected chi connectivity index (χ3v) is 3.50. The van der Waals surface area contributed by atoms with Crippen LogP contribution in [0.1, 0.15) is 24.8 Å². The van der Waals surface area contributed by atoms with Crippen molar-refractivity contribution in [2.45, 2.75) is 31.9 Å². The summed E-state index contributed by atoms with van der Waals surface area (Å²) in [6.07, 6.45) is 3.84. The zero-order valence-electron chi connectivity index (χ0n) is 8.91. The van der Waals surface area contributed by atoms with Crippen LogP contribution in [0, 0.1) is 0 Å². The van der Waals surface area contributed by atoms with Crippen LogP contribution in [-0.2, 0) is 6.61 Å². The lowest BCUT2D eigenvalue weighted by atomic mass is 9.91. The van der Waals surface area contributed by atoms with E-state index in [1.54, 1.807) is 0 Å². The fourth-order valence-corrected chi connectivity index (χ4v) is 2.24. The number of halogens is 1. The molecule has 1 aliphatic rings. The maximum Gasteiger partial charge on any atom is 0.0682 e. The monoisotopic (exact) mass is 225 g/mol. The topological polar surface area (TPSA) is 23.5 Å². The lowest BCUT2D eigenvalue weighted by Gasteiger charge is -2.36. The fourth-order valence-electron chi connectivity index (χ4n) is 1.91. The first-order valence-electron chi connectivity index (χ1n) is 5.34. The molecule has 1 saturated carbocycles. The summed E-state index contributed by atoms with van der Waals surface area (Å²) in [5, 5.41) is 9.72. The SMILES string of the molecule is CN(c1ccc(CO)cc1Cl)C1CCC1. The smallest absolute Gasteiger partial charge is 0.0682 e. The Bertz CT molecular complexity index is 349. The Hall–Kier alpha value is -0.730. The van der Waals surface area contributed by atoms with Gasteiger partial charge in [0, 0.05) is 13.1 Å². The van der Waals surface area contributed by atoms with E-state index in [0.29, 0.717) is 6.04 Å². The summed E-state index contributed by atoms with van der Waals surface area (Å²) in [6, 6.07) is 6.40. The number of hydrogen-bond acceptors (Lipinski definition) is 2. The van der Waals surface area contributed by atoms with Crippen molar-refractivity contribution in [1.82, 2.24) is 0 Å².